The summed E-state index contributed by atoms with van der Waals surface area (Å²) < 4.78 is 67.9. The molecule has 0 saturated heterocycles. The number of pyridine rings is 4. The van der Waals surface area contributed by atoms with Crippen molar-refractivity contribution in [3.8, 4) is 22.8 Å². The van der Waals surface area contributed by atoms with Crippen LogP contribution in [0.1, 0.15) is 0 Å². The van der Waals surface area contributed by atoms with E-state index in [2.05, 4.69) is 19.9 Å². The van der Waals surface area contributed by atoms with Crippen LogP contribution in [0.15, 0.2) is 97.6 Å². The summed E-state index contributed by atoms with van der Waals surface area (Å²) in [5, 5.41) is 0. The minimum absolute atomic E-state index is 0. The van der Waals surface area contributed by atoms with Crippen LogP contribution >= 0.6 is 0 Å². The fourth-order valence-corrected chi connectivity index (χ4v) is 2.06. The molecule has 0 aliphatic heterocycles. The summed E-state index contributed by atoms with van der Waals surface area (Å²) in [6, 6.07) is 23.2. The predicted octanol–water partition coefficient (Wildman–Crippen LogP) is -5.23. The summed E-state index contributed by atoms with van der Waals surface area (Å²) in [6.45, 7) is 0. The molecule has 4 heterocycles. The molecule has 0 bridgehead atoms. The standard InChI is InChI=1S/2C10H8N2.2ClHO4.Zn/c2*1-3-7-11-9(5-1)10-6-2-4-8-12-10;2*2-1(3,4)5;/h2*1-8H;2*(H,2,3,4,5);/q;;;;+2/p-2. The van der Waals surface area contributed by atoms with Gasteiger partial charge in [-0.2, -0.15) is 0 Å². The average Bonchev–Trinajstić information content (AvgIpc) is 2.80. The summed E-state index contributed by atoms with van der Waals surface area (Å²) in [5.74, 6) is 0. The van der Waals surface area contributed by atoms with Crippen molar-refractivity contribution in [2.75, 3.05) is 0 Å². The maximum atomic E-state index is 8.49. The molecule has 0 aliphatic carbocycles. The second-order valence-electron chi connectivity index (χ2n) is 5.62. The van der Waals surface area contributed by atoms with Gasteiger partial charge in [0.25, 0.3) is 0 Å². The van der Waals surface area contributed by atoms with Gasteiger partial charge in [-0.1, -0.05) is 24.3 Å². The number of rotatable bonds is 2. The minimum Gasteiger partial charge on any atom is -0.255 e. The maximum Gasteiger partial charge on any atom is 2.00 e. The molecule has 35 heavy (non-hydrogen) atoms. The molecule has 0 saturated carbocycles. The van der Waals surface area contributed by atoms with Gasteiger partial charge in [0.2, 0.25) is 0 Å². The van der Waals surface area contributed by atoms with Crippen LogP contribution in [-0.4, -0.2) is 19.9 Å². The molecule has 0 aromatic carbocycles. The van der Waals surface area contributed by atoms with Gasteiger partial charge in [0.1, 0.15) is 0 Å². The van der Waals surface area contributed by atoms with E-state index in [1.54, 1.807) is 24.8 Å². The second-order valence-corrected chi connectivity index (χ2v) is 7.13. The molecule has 12 nitrogen and oxygen atoms in total. The van der Waals surface area contributed by atoms with Crippen LogP contribution in [0.2, 0.25) is 0 Å². The van der Waals surface area contributed by atoms with E-state index in [1.807, 2.05) is 72.8 Å². The van der Waals surface area contributed by atoms with Crippen LogP contribution in [0.3, 0.4) is 0 Å². The van der Waals surface area contributed by atoms with Crippen LogP contribution in [-0.2, 0) is 19.5 Å². The molecule has 0 radical (unpaired) electrons. The molecule has 0 spiro atoms. The maximum absolute atomic E-state index is 8.49. The van der Waals surface area contributed by atoms with Crippen molar-refractivity contribution in [3.05, 3.63) is 97.6 Å². The van der Waals surface area contributed by atoms with Gasteiger partial charge in [0.15, 0.2) is 0 Å². The fourth-order valence-electron chi connectivity index (χ4n) is 2.06. The molecule has 4 aromatic rings. The number of hydrogen-bond acceptors (Lipinski definition) is 12. The Balaban J connectivity index is 0.000000475. The molecule has 0 atom stereocenters. The molecule has 4 aromatic heterocycles. The Bertz CT molecular complexity index is 873. The van der Waals surface area contributed by atoms with Gasteiger partial charge in [0.05, 0.1) is 22.8 Å². The normalized spacial score (nSPS) is 10.1. The first kappa shape index (κ1) is 32.5. The molecule has 0 N–H and O–H groups in total. The number of halogens is 2. The van der Waals surface area contributed by atoms with Crippen molar-refractivity contribution >= 4 is 0 Å². The number of nitrogens with zero attached hydrogens (tertiary/aromatic N) is 4. The molecule has 15 heteroatoms. The molecule has 0 amide bonds. The fraction of sp³-hybridized carbons (Fsp3) is 0. The largest absolute Gasteiger partial charge is 2.00 e. The van der Waals surface area contributed by atoms with Crippen molar-refractivity contribution in [1.29, 1.82) is 0 Å². The topological polar surface area (TPSA) is 236 Å². The van der Waals surface area contributed by atoms with Gasteiger partial charge in [-0.15, -0.1) is 20.5 Å². The third-order valence-corrected chi connectivity index (χ3v) is 3.18. The molecular weight excluding hydrogens is 561 g/mol. The summed E-state index contributed by atoms with van der Waals surface area (Å²) in [7, 11) is -9.89. The Morgan fingerprint density at radius 1 is 0.371 bits per heavy atom. The van der Waals surface area contributed by atoms with E-state index in [9.17, 15) is 0 Å². The Kier molecular flexibility index (Phi) is 15.8. The third-order valence-electron chi connectivity index (χ3n) is 3.18. The SMILES string of the molecule is [O-][Cl+3]([O-])([O-])[O-].[O-][Cl+3]([O-])([O-])[O-].[Zn+2].c1ccc(-c2ccccn2)nc1.c1ccc(-c2ccccn2)nc1. The molecule has 0 aliphatic rings. The number of aromatic nitrogens is 4. The molecule has 0 unspecified atom stereocenters. The van der Waals surface area contributed by atoms with Gasteiger partial charge >= 0.3 is 19.5 Å². The van der Waals surface area contributed by atoms with Crippen molar-refractivity contribution in [2.24, 2.45) is 0 Å². The summed E-state index contributed by atoms with van der Waals surface area (Å²) in [4.78, 5) is 16.7. The zero-order valence-corrected chi connectivity index (χ0v) is 22.2. The van der Waals surface area contributed by atoms with Crippen molar-refractivity contribution in [2.45, 2.75) is 0 Å². The van der Waals surface area contributed by atoms with Gasteiger partial charge in [-0.25, -0.2) is 37.3 Å². The molecule has 180 valence electrons. The smallest absolute Gasteiger partial charge is 0.255 e. The molecule has 0 fully saturated rings. The first-order chi connectivity index (χ1) is 15.9. The van der Waals surface area contributed by atoms with E-state index >= 15 is 0 Å². The van der Waals surface area contributed by atoms with Gasteiger partial charge in [0, 0.05) is 24.8 Å². The van der Waals surface area contributed by atoms with Crippen LogP contribution < -0.4 is 37.3 Å². The van der Waals surface area contributed by atoms with Crippen LogP contribution in [0.25, 0.3) is 22.8 Å². The Hall–Kier alpha value is -2.52. The average molecular weight is 577 g/mol. The first-order valence-corrected chi connectivity index (χ1v) is 11.3. The van der Waals surface area contributed by atoms with Crippen molar-refractivity contribution < 1.29 is 77.2 Å². The van der Waals surface area contributed by atoms with Crippen molar-refractivity contribution in [1.82, 2.24) is 19.9 Å². The van der Waals surface area contributed by atoms with Crippen LogP contribution in [0.4, 0.5) is 0 Å². The Morgan fingerprint density at radius 3 is 0.657 bits per heavy atom. The second kappa shape index (κ2) is 17.0. The van der Waals surface area contributed by atoms with E-state index < -0.39 is 20.5 Å². The predicted molar refractivity (Wildman–Crippen MR) is 94.9 cm³/mol. The molecular formula is C20H16Cl2N4O8Zn. The summed E-state index contributed by atoms with van der Waals surface area (Å²) in [6.07, 6.45) is 7.07. The zero-order valence-electron chi connectivity index (χ0n) is 17.8. The van der Waals surface area contributed by atoms with E-state index in [-0.39, 0.29) is 19.5 Å². The summed E-state index contributed by atoms with van der Waals surface area (Å²) in [5.41, 5.74) is 3.66. The Labute approximate surface area is 217 Å². The minimum atomic E-state index is -4.94. The van der Waals surface area contributed by atoms with Gasteiger partial charge < -0.3 is 0 Å². The quantitative estimate of drug-likeness (QED) is 0.203. The van der Waals surface area contributed by atoms with Gasteiger partial charge in [-0.05, 0) is 48.5 Å². The zero-order chi connectivity index (χ0) is 25.5. The van der Waals surface area contributed by atoms with Gasteiger partial charge in [-0.3, -0.25) is 19.9 Å². The Morgan fingerprint density at radius 2 is 0.543 bits per heavy atom. The van der Waals surface area contributed by atoms with E-state index in [1.165, 1.54) is 0 Å². The third kappa shape index (κ3) is 19.5. The first-order valence-electron chi connectivity index (χ1n) is 8.82. The van der Waals surface area contributed by atoms with Crippen LogP contribution in [0.5, 0.6) is 0 Å². The van der Waals surface area contributed by atoms with E-state index in [4.69, 9.17) is 37.3 Å². The van der Waals surface area contributed by atoms with Crippen LogP contribution in [0, 0.1) is 20.5 Å². The molecule has 4 rings (SSSR count). The monoisotopic (exact) mass is 574 g/mol. The van der Waals surface area contributed by atoms with Crippen molar-refractivity contribution in [3.63, 3.8) is 0 Å². The summed E-state index contributed by atoms with van der Waals surface area (Å²) >= 11 is 0. The number of hydrogen-bond donors (Lipinski definition) is 0. The van der Waals surface area contributed by atoms with E-state index in [0.29, 0.717) is 0 Å². The van der Waals surface area contributed by atoms with E-state index in [0.717, 1.165) is 22.8 Å².